The van der Waals surface area contributed by atoms with Gasteiger partial charge in [0.15, 0.2) is 0 Å². The molecule has 4 N–H and O–H groups in total. The van der Waals surface area contributed by atoms with Crippen molar-refractivity contribution < 1.29 is 42.7 Å². The minimum Gasteiger partial charge on any atom is -0.480 e. The van der Waals surface area contributed by atoms with Gasteiger partial charge < -0.3 is 25.2 Å². The molecule has 0 aliphatic rings. The summed E-state index contributed by atoms with van der Waals surface area (Å²) in [5.74, 6) is -1.92. The first-order valence-corrected chi connectivity index (χ1v) is 20.0. The number of hydrogen-bond acceptors (Lipinski definition) is 8. The van der Waals surface area contributed by atoms with E-state index < -0.39 is 45.1 Å². The zero-order chi connectivity index (χ0) is 37.0. The van der Waals surface area contributed by atoms with Crippen LogP contribution in [0.5, 0.6) is 0 Å². The second-order valence-corrected chi connectivity index (χ2v) is 13.4. The first-order chi connectivity index (χ1) is 24.2. The first kappa shape index (κ1) is 47.4. The Bertz CT molecular complexity index is 1070. The maximum absolute atomic E-state index is 12.5. The standard InChI is InChI=1S/C39H66NO9P/c1-3-5-7-9-11-13-15-17-18-19-21-23-25-27-29-31-38(41)49-36(34-47-50(44,45)48-35-37(40)39(42)43)33-46-32-30-28-26-24-22-20-16-14-12-10-8-6-4-2/h5,7,11-14,17-18,21,23,27,29,36-37H,3-4,6,8-10,15-16,19-20,22,24-26,28,30-35,40H2,1-2H3,(H,42,43)(H,44,45)/b7-5-,13-11-,14-12-,18-17-,23-21-,29-27-. The van der Waals surface area contributed by atoms with E-state index >= 15 is 0 Å². The molecule has 10 nitrogen and oxygen atoms in total. The Hall–Kier alpha value is -2.59. The number of carbonyl (C=O) groups excluding carboxylic acids is 1. The van der Waals surface area contributed by atoms with Crippen LogP contribution in [-0.2, 0) is 32.7 Å². The molecular formula is C39H66NO9P. The third-order valence-corrected chi connectivity index (χ3v) is 8.20. The minimum absolute atomic E-state index is 0.0133. The van der Waals surface area contributed by atoms with Crippen LogP contribution in [0, 0.1) is 0 Å². The number of carboxylic acids is 1. The highest BCUT2D eigenvalue weighted by molar-refractivity contribution is 7.47. The number of aliphatic carboxylic acids is 1. The van der Waals surface area contributed by atoms with Crippen LogP contribution < -0.4 is 5.73 Å². The van der Waals surface area contributed by atoms with E-state index in [1.807, 2.05) is 12.2 Å². The summed E-state index contributed by atoms with van der Waals surface area (Å²) in [4.78, 5) is 33.3. The van der Waals surface area contributed by atoms with Crippen molar-refractivity contribution in [1.29, 1.82) is 0 Å². The second kappa shape index (κ2) is 34.8. The minimum atomic E-state index is -4.64. The number of unbranched alkanes of at least 4 members (excludes halogenated alkanes) is 9. The molecular weight excluding hydrogens is 657 g/mol. The maximum atomic E-state index is 12.5. The van der Waals surface area contributed by atoms with Crippen molar-refractivity contribution in [3.63, 3.8) is 0 Å². The van der Waals surface area contributed by atoms with Gasteiger partial charge >= 0.3 is 19.8 Å². The van der Waals surface area contributed by atoms with Crippen molar-refractivity contribution in [1.82, 2.24) is 0 Å². The lowest BCUT2D eigenvalue weighted by Crippen LogP contribution is -2.34. The van der Waals surface area contributed by atoms with E-state index in [9.17, 15) is 19.0 Å². The molecule has 3 atom stereocenters. The van der Waals surface area contributed by atoms with Gasteiger partial charge in [0.1, 0.15) is 12.1 Å². The summed E-state index contributed by atoms with van der Waals surface area (Å²) in [5.41, 5.74) is 5.32. The summed E-state index contributed by atoms with van der Waals surface area (Å²) in [5, 5.41) is 8.85. The van der Waals surface area contributed by atoms with E-state index in [0.29, 0.717) is 13.0 Å². The number of nitrogens with two attached hydrogens (primary N) is 1. The zero-order valence-electron chi connectivity index (χ0n) is 30.7. The molecule has 0 heterocycles. The monoisotopic (exact) mass is 723 g/mol. The van der Waals surface area contributed by atoms with Crippen LogP contribution in [0.1, 0.15) is 123 Å². The fourth-order valence-corrected chi connectivity index (χ4v) is 5.16. The quantitative estimate of drug-likeness (QED) is 0.0253. The Balaban J connectivity index is 4.51. The van der Waals surface area contributed by atoms with E-state index in [-0.39, 0.29) is 13.0 Å². The zero-order valence-corrected chi connectivity index (χ0v) is 31.6. The predicted molar refractivity (Wildman–Crippen MR) is 203 cm³/mol. The third-order valence-electron chi connectivity index (χ3n) is 7.25. The van der Waals surface area contributed by atoms with Crippen molar-refractivity contribution in [2.24, 2.45) is 5.73 Å². The molecule has 50 heavy (non-hydrogen) atoms. The molecule has 0 aliphatic carbocycles. The Morgan fingerprint density at radius 2 is 1.16 bits per heavy atom. The lowest BCUT2D eigenvalue weighted by Gasteiger charge is -2.20. The summed E-state index contributed by atoms with van der Waals surface area (Å²) < 4.78 is 33.0. The summed E-state index contributed by atoms with van der Waals surface area (Å²) in [6.07, 6.45) is 41.3. The van der Waals surface area contributed by atoms with E-state index in [1.165, 1.54) is 44.9 Å². The van der Waals surface area contributed by atoms with Gasteiger partial charge in [-0.25, -0.2) is 4.57 Å². The van der Waals surface area contributed by atoms with Crippen molar-refractivity contribution in [3.8, 4) is 0 Å². The third kappa shape index (κ3) is 33.9. The van der Waals surface area contributed by atoms with Crippen LogP contribution in [-0.4, -0.2) is 60.5 Å². The predicted octanol–water partition coefficient (Wildman–Crippen LogP) is 9.47. The van der Waals surface area contributed by atoms with E-state index in [2.05, 4.69) is 73.1 Å². The molecule has 286 valence electrons. The number of ether oxygens (including phenoxy) is 2. The van der Waals surface area contributed by atoms with Crippen LogP contribution in [0.15, 0.2) is 72.9 Å². The van der Waals surface area contributed by atoms with Crippen molar-refractivity contribution >= 4 is 19.8 Å². The molecule has 0 fully saturated rings. The normalized spacial score (nSPS) is 15.0. The molecule has 0 saturated carbocycles. The summed E-state index contributed by atoms with van der Waals surface area (Å²) in [7, 11) is -4.64. The molecule has 0 amide bonds. The first-order valence-electron chi connectivity index (χ1n) is 18.5. The molecule has 0 spiro atoms. The molecule has 0 aromatic rings. The number of carboxylic acid groups (broad SMARTS) is 1. The van der Waals surface area contributed by atoms with Gasteiger partial charge in [-0.3, -0.25) is 18.6 Å². The molecule has 0 aromatic heterocycles. The molecule has 0 saturated heterocycles. The van der Waals surface area contributed by atoms with Crippen LogP contribution in [0.3, 0.4) is 0 Å². The molecule has 0 bridgehead atoms. The highest BCUT2D eigenvalue weighted by atomic mass is 31.2. The van der Waals surface area contributed by atoms with Crippen LogP contribution in [0.2, 0.25) is 0 Å². The second-order valence-electron chi connectivity index (χ2n) is 12.0. The van der Waals surface area contributed by atoms with Gasteiger partial charge in [-0.1, -0.05) is 125 Å². The van der Waals surface area contributed by atoms with Gasteiger partial charge in [-0.15, -0.1) is 0 Å². The summed E-state index contributed by atoms with van der Waals surface area (Å²) in [6, 6.07) is -1.49. The molecule has 0 radical (unpaired) electrons. The van der Waals surface area contributed by atoms with E-state index in [4.69, 9.17) is 24.8 Å². The lowest BCUT2D eigenvalue weighted by molar-refractivity contribution is -0.153. The number of phosphoric acid groups is 1. The molecule has 0 rings (SSSR count). The number of rotatable bonds is 34. The number of allylic oxidation sites excluding steroid dienone is 11. The average Bonchev–Trinajstić information content (AvgIpc) is 3.09. The van der Waals surface area contributed by atoms with Gasteiger partial charge in [0.05, 0.1) is 26.2 Å². The van der Waals surface area contributed by atoms with Crippen molar-refractivity contribution in [2.75, 3.05) is 26.4 Å². The van der Waals surface area contributed by atoms with Gasteiger partial charge in [0.25, 0.3) is 0 Å². The fourth-order valence-electron chi connectivity index (χ4n) is 4.38. The Morgan fingerprint density at radius 3 is 1.72 bits per heavy atom. The van der Waals surface area contributed by atoms with Crippen LogP contribution >= 0.6 is 7.82 Å². The van der Waals surface area contributed by atoms with E-state index in [0.717, 1.165) is 51.4 Å². The SMILES string of the molecule is CC/C=C\C/C=C\C/C=C\C/C=C\C/C=C\CC(=O)OC(COCCCCCCCC/C=C\CCCCC)COP(=O)(O)OCC(N)C(=O)O. The maximum Gasteiger partial charge on any atom is 0.472 e. The summed E-state index contributed by atoms with van der Waals surface area (Å²) in [6.45, 7) is 3.57. The smallest absolute Gasteiger partial charge is 0.472 e. The highest BCUT2D eigenvalue weighted by Crippen LogP contribution is 2.43. The number of phosphoric ester groups is 1. The van der Waals surface area contributed by atoms with Gasteiger partial charge in [0.2, 0.25) is 0 Å². The Labute approximate surface area is 302 Å². The summed E-state index contributed by atoms with van der Waals surface area (Å²) >= 11 is 0. The van der Waals surface area contributed by atoms with Crippen LogP contribution in [0.4, 0.5) is 0 Å². The van der Waals surface area contributed by atoms with Crippen LogP contribution in [0.25, 0.3) is 0 Å². The van der Waals surface area contributed by atoms with E-state index in [1.54, 1.807) is 6.08 Å². The molecule has 3 unspecified atom stereocenters. The fraction of sp³-hybridized carbons (Fsp3) is 0.641. The number of esters is 1. The average molecular weight is 724 g/mol. The molecule has 11 heteroatoms. The number of hydrogen-bond donors (Lipinski definition) is 3. The van der Waals surface area contributed by atoms with Gasteiger partial charge in [-0.2, -0.15) is 0 Å². The highest BCUT2D eigenvalue weighted by Gasteiger charge is 2.27. The Morgan fingerprint density at radius 1 is 0.660 bits per heavy atom. The largest absolute Gasteiger partial charge is 0.480 e. The van der Waals surface area contributed by atoms with Gasteiger partial charge in [0, 0.05) is 6.61 Å². The molecule has 0 aromatic carbocycles. The van der Waals surface area contributed by atoms with Gasteiger partial charge in [-0.05, 0) is 64.2 Å². The topological polar surface area (TPSA) is 155 Å². The molecule has 0 aliphatic heterocycles. The van der Waals surface area contributed by atoms with Crippen molar-refractivity contribution in [3.05, 3.63) is 72.9 Å². The van der Waals surface area contributed by atoms with Crippen molar-refractivity contribution in [2.45, 2.75) is 135 Å². The Kier molecular flexibility index (Phi) is 33.0. The number of carbonyl (C=O) groups is 2. The lowest BCUT2D eigenvalue weighted by atomic mass is 10.1.